The topological polar surface area (TPSA) is 96.3 Å². The SMILES string of the molecule is Nc1cc(OC2COC2)nc(N)n1. The Bertz CT molecular complexity index is 293. The van der Waals surface area contributed by atoms with Crippen molar-refractivity contribution in [1.82, 2.24) is 9.97 Å². The Hall–Kier alpha value is -1.56. The van der Waals surface area contributed by atoms with Gasteiger partial charge in [0.2, 0.25) is 11.8 Å². The zero-order valence-corrected chi connectivity index (χ0v) is 6.93. The fourth-order valence-corrected chi connectivity index (χ4v) is 0.974. The molecule has 1 aliphatic heterocycles. The quantitative estimate of drug-likeness (QED) is 0.635. The molecule has 1 aromatic rings. The molecule has 1 saturated heterocycles. The molecule has 2 heterocycles. The number of aromatic nitrogens is 2. The van der Waals surface area contributed by atoms with Crippen LogP contribution in [0.1, 0.15) is 0 Å². The molecule has 6 heteroatoms. The number of ether oxygens (including phenoxy) is 2. The monoisotopic (exact) mass is 182 g/mol. The van der Waals surface area contributed by atoms with Gasteiger partial charge in [0, 0.05) is 6.07 Å². The largest absolute Gasteiger partial charge is 0.469 e. The summed E-state index contributed by atoms with van der Waals surface area (Å²) in [4.78, 5) is 7.58. The highest BCUT2D eigenvalue weighted by atomic mass is 16.6. The van der Waals surface area contributed by atoms with Crippen LogP contribution in [0.5, 0.6) is 5.88 Å². The molecule has 4 N–H and O–H groups in total. The minimum Gasteiger partial charge on any atom is -0.469 e. The maximum atomic E-state index is 5.45. The Morgan fingerprint density at radius 2 is 2.15 bits per heavy atom. The first-order valence-corrected chi connectivity index (χ1v) is 3.88. The highest BCUT2D eigenvalue weighted by molar-refractivity contribution is 5.38. The molecule has 0 aliphatic carbocycles. The van der Waals surface area contributed by atoms with Crippen LogP contribution in [-0.2, 0) is 4.74 Å². The third kappa shape index (κ3) is 1.78. The lowest BCUT2D eigenvalue weighted by molar-refractivity contribution is -0.0812. The van der Waals surface area contributed by atoms with E-state index in [1.54, 1.807) is 0 Å². The molecule has 0 unspecified atom stereocenters. The van der Waals surface area contributed by atoms with E-state index < -0.39 is 0 Å². The second kappa shape index (κ2) is 3.06. The molecule has 6 nitrogen and oxygen atoms in total. The third-order valence-corrected chi connectivity index (χ3v) is 1.63. The molecule has 0 radical (unpaired) electrons. The van der Waals surface area contributed by atoms with E-state index in [9.17, 15) is 0 Å². The summed E-state index contributed by atoms with van der Waals surface area (Å²) >= 11 is 0. The third-order valence-electron chi connectivity index (χ3n) is 1.63. The van der Waals surface area contributed by atoms with Crippen LogP contribution in [-0.4, -0.2) is 29.3 Å². The van der Waals surface area contributed by atoms with Crippen molar-refractivity contribution >= 4 is 11.8 Å². The number of hydrogen-bond donors (Lipinski definition) is 2. The molecule has 1 aliphatic rings. The number of hydrogen-bond acceptors (Lipinski definition) is 6. The first-order valence-electron chi connectivity index (χ1n) is 3.88. The van der Waals surface area contributed by atoms with Gasteiger partial charge >= 0.3 is 0 Å². The normalized spacial score (nSPS) is 16.6. The van der Waals surface area contributed by atoms with E-state index in [0.717, 1.165) is 0 Å². The Morgan fingerprint density at radius 3 is 2.69 bits per heavy atom. The van der Waals surface area contributed by atoms with E-state index in [-0.39, 0.29) is 12.1 Å². The van der Waals surface area contributed by atoms with E-state index in [0.29, 0.717) is 24.9 Å². The molecule has 1 fully saturated rings. The van der Waals surface area contributed by atoms with Gasteiger partial charge in [0.1, 0.15) is 11.9 Å². The minimum atomic E-state index is 0.0636. The molecular formula is C7H10N4O2. The molecule has 0 aromatic carbocycles. The van der Waals surface area contributed by atoms with Gasteiger partial charge < -0.3 is 20.9 Å². The lowest BCUT2D eigenvalue weighted by Gasteiger charge is -2.26. The van der Waals surface area contributed by atoms with E-state index in [1.165, 1.54) is 6.07 Å². The van der Waals surface area contributed by atoms with E-state index in [2.05, 4.69) is 9.97 Å². The molecule has 0 amide bonds. The minimum absolute atomic E-state index is 0.0636. The summed E-state index contributed by atoms with van der Waals surface area (Å²) < 4.78 is 10.3. The van der Waals surface area contributed by atoms with Gasteiger partial charge in [-0.25, -0.2) is 0 Å². The molecule has 0 bridgehead atoms. The van der Waals surface area contributed by atoms with Crippen LogP contribution < -0.4 is 16.2 Å². The molecule has 0 saturated carbocycles. The Morgan fingerprint density at radius 1 is 1.38 bits per heavy atom. The van der Waals surface area contributed by atoms with Crippen molar-refractivity contribution in [2.24, 2.45) is 0 Å². The summed E-state index contributed by atoms with van der Waals surface area (Å²) in [6, 6.07) is 1.54. The summed E-state index contributed by atoms with van der Waals surface area (Å²) in [6.07, 6.45) is 0.0636. The summed E-state index contributed by atoms with van der Waals surface area (Å²) in [7, 11) is 0. The van der Waals surface area contributed by atoms with Gasteiger partial charge in [0.15, 0.2) is 0 Å². The number of rotatable bonds is 2. The number of anilines is 2. The summed E-state index contributed by atoms with van der Waals surface area (Å²) in [5, 5.41) is 0. The fraction of sp³-hybridized carbons (Fsp3) is 0.429. The summed E-state index contributed by atoms with van der Waals surface area (Å²) in [5.74, 6) is 0.830. The highest BCUT2D eigenvalue weighted by Crippen LogP contribution is 2.16. The number of nitrogens with zero attached hydrogens (tertiary/aromatic N) is 2. The van der Waals surface area contributed by atoms with Gasteiger partial charge in [0.05, 0.1) is 13.2 Å². The second-order valence-electron chi connectivity index (χ2n) is 2.77. The van der Waals surface area contributed by atoms with Gasteiger partial charge in [-0.2, -0.15) is 9.97 Å². The van der Waals surface area contributed by atoms with Crippen LogP contribution in [0, 0.1) is 0 Å². The van der Waals surface area contributed by atoms with Crippen molar-refractivity contribution in [2.45, 2.75) is 6.10 Å². The van der Waals surface area contributed by atoms with Crippen molar-refractivity contribution in [1.29, 1.82) is 0 Å². The standard InChI is InChI=1S/C7H10N4O2/c8-5-1-6(11-7(9)10-5)13-4-2-12-3-4/h1,4H,2-3H2,(H4,8,9,10,11). The van der Waals surface area contributed by atoms with E-state index >= 15 is 0 Å². The molecule has 0 atom stereocenters. The van der Waals surface area contributed by atoms with E-state index in [4.69, 9.17) is 20.9 Å². The maximum Gasteiger partial charge on any atom is 0.225 e. The first kappa shape index (κ1) is 8.06. The van der Waals surface area contributed by atoms with Gasteiger partial charge in [-0.3, -0.25) is 0 Å². The maximum absolute atomic E-state index is 5.45. The van der Waals surface area contributed by atoms with Crippen molar-refractivity contribution in [3.8, 4) is 5.88 Å². The number of nitrogen functional groups attached to an aromatic ring is 2. The second-order valence-corrected chi connectivity index (χ2v) is 2.77. The molecule has 2 rings (SSSR count). The fourth-order valence-electron chi connectivity index (χ4n) is 0.974. The predicted octanol–water partition coefficient (Wildman–Crippen LogP) is -0.581. The molecular weight excluding hydrogens is 172 g/mol. The summed E-state index contributed by atoms with van der Waals surface area (Å²) in [6.45, 7) is 1.17. The Kier molecular flexibility index (Phi) is 1.90. The number of nitrogens with two attached hydrogens (primary N) is 2. The van der Waals surface area contributed by atoms with Crippen LogP contribution in [0.15, 0.2) is 6.07 Å². The Labute approximate surface area is 74.9 Å². The zero-order chi connectivity index (χ0) is 9.26. The molecule has 13 heavy (non-hydrogen) atoms. The van der Waals surface area contributed by atoms with Crippen LogP contribution >= 0.6 is 0 Å². The van der Waals surface area contributed by atoms with Crippen molar-refractivity contribution in [2.75, 3.05) is 24.7 Å². The molecule has 70 valence electrons. The molecule has 0 spiro atoms. The van der Waals surface area contributed by atoms with Crippen LogP contribution in [0.25, 0.3) is 0 Å². The van der Waals surface area contributed by atoms with Crippen LogP contribution in [0.4, 0.5) is 11.8 Å². The first-order chi connectivity index (χ1) is 6.24. The average Bonchev–Trinajstić information content (AvgIpc) is 1.95. The van der Waals surface area contributed by atoms with E-state index in [1.807, 2.05) is 0 Å². The molecule has 1 aromatic heterocycles. The van der Waals surface area contributed by atoms with Crippen LogP contribution in [0.3, 0.4) is 0 Å². The predicted molar refractivity (Wildman–Crippen MR) is 46.1 cm³/mol. The van der Waals surface area contributed by atoms with Gasteiger partial charge in [0.25, 0.3) is 0 Å². The average molecular weight is 182 g/mol. The van der Waals surface area contributed by atoms with Gasteiger partial charge in [-0.05, 0) is 0 Å². The zero-order valence-electron chi connectivity index (χ0n) is 6.93. The summed E-state index contributed by atoms with van der Waals surface area (Å²) in [5.41, 5.74) is 10.8. The highest BCUT2D eigenvalue weighted by Gasteiger charge is 2.20. The van der Waals surface area contributed by atoms with Crippen LogP contribution in [0.2, 0.25) is 0 Å². The van der Waals surface area contributed by atoms with Gasteiger partial charge in [-0.15, -0.1) is 0 Å². The van der Waals surface area contributed by atoms with Gasteiger partial charge in [-0.1, -0.05) is 0 Å². The lowest BCUT2D eigenvalue weighted by Crippen LogP contribution is -2.38. The van der Waals surface area contributed by atoms with Crippen molar-refractivity contribution < 1.29 is 9.47 Å². The smallest absolute Gasteiger partial charge is 0.225 e. The lowest BCUT2D eigenvalue weighted by atomic mass is 10.3. The van der Waals surface area contributed by atoms with Crippen molar-refractivity contribution in [3.63, 3.8) is 0 Å². The Balaban J connectivity index is 2.10. The van der Waals surface area contributed by atoms with Crippen molar-refractivity contribution in [3.05, 3.63) is 6.07 Å².